The zero-order valence-corrected chi connectivity index (χ0v) is 16.2. The van der Waals surface area contributed by atoms with Crippen LogP contribution in [0, 0.1) is 5.92 Å². The molecule has 1 amide bonds. The van der Waals surface area contributed by atoms with Crippen LogP contribution in [0.5, 0.6) is 0 Å². The number of benzene rings is 1. The first-order chi connectivity index (χ1) is 13.8. The fraction of sp³-hybridized carbons (Fsp3) is 0.417. The molecule has 144 valence electrons. The van der Waals surface area contributed by atoms with E-state index in [-0.39, 0.29) is 11.9 Å². The first-order valence-electron chi connectivity index (χ1n) is 10.6. The van der Waals surface area contributed by atoms with Gasteiger partial charge in [0, 0.05) is 31.4 Å². The van der Waals surface area contributed by atoms with Crippen LogP contribution < -0.4 is 5.32 Å². The fourth-order valence-electron chi connectivity index (χ4n) is 5.13. The van der Waals surface area contributed by atoms with Gasteiger partial charge in [-0.05, 0) is 48.4 Å². The monoisotopic (exact) mass is 373 g/mol. The van der Waals surface area contributed by atoms with E-state index in [0.717, 1.165) is 43.6 Å². The van der Waals surface area contributed by atoms with Crippen molar-refractivity contribution < 1.29 is 4.79 Å². The quantitative estimate of drug-likeness (QED) is 0.760. The zero-order chi connectivity index (χ0) is 18.9. The van der Waals surface area contributed by atoms with E-state index >= 15 is 0 Å². The van der Waals surface area contributed by atoms with Gasteiger partial charge in [-0.1, -0.05) is 43.2 Å². The second-order valence-corrected chi connectivity index (χ2v) is 8.24. The van der Waals surface area contributed by atoms with Gasteiger partial charge in [-0.15, -0.1) is 0 Å². The number of hydrogen-bond donors (Lipinski definition) is 1. The highest BCUT2D eigenvalue weighted by Crippen LogP contribution is 2.50. The van der Waals surface area contributed by atoms with Gasteiger partial charge in [0.2, 0.25) is 0 Å². The summed E-state index contributed by atoms with van der Waals surface area (Å²) in [6, 6.07) is 10.6. The highest BCUT2D eigenvalue weighted by Gasteiger charge is 2.39. The average molecular weight is 374 g/mol. The molecule has 0 spiro atoms. The topological polar surface area (TPSA) is 45.2 Å². The predicted octanol–water partition coefficient (Wildman–Crippen LogP) is 4.92. The van der Waals surface area contributed by atoms with Gasteiger partial charge in [-0.3, -0.25) is 9.78 Å². The number of hydrogen-bond acceptors (Lipinski definition) is 3. The van der Waals surface area contributed by atoms with Gasteiger partial charge in [0.15, 0.2) is 0 Å². The number of pyridine rings is 1. The van der Waals surface area contributed by atoms with Crippen LogP contribution >= 0.6 is 0 Å². The highest BCUT2D eigenvalue weighted by molar-refractivity contribution is 6.00. The van der Waals surface area contributed by atoms with Crippen LogP contribution in [-0.2, 0) is 0 Å². The van der Waals surface area contributed by atoms with E-state index in [2.05, 4.69) is 45.6 Å². The molecule has 0 radical (unpaired) electrons. The minimum Gasteiger partial charge on any atom is -0.377 e. The van der Waals surface area contributed by atoms with Crippen LogP contribution in [0.15, 0.2) is 54.9 Å². The van der Waals surface area contributed by atoms with Crippen molar-refractivity contribution in [1.29, 1.82) is 0 Å². The van der Waals surface area contributed by atoms with E-state index in [0.29, 0.717) is 11.8 Å². The van der Waals surface area contributed by atoms with Gasteiger partial charge in [0.05, 0.1) is 17.3 Å². The van der Waals surface area contributed by atoms with Crippen LogP contribution in [-0.4, -0.2) is 28.9 Å². The van der Waals surface area contributed by atoms with Gasteiger partial charge in [0.25, 0.3) is 5.91 Å². The molecule has 0 saturated carbocycles. The molecule has 28 heavy (non-hydrogen) atoms. The molecule has 2 aliphatic heterocycles. The lowest BCUT2D eigenvalue weighted by Crippen LogP contribution is -2.35. The van der Waals surface area contributed by atoms with Crippen LogP contribution in [0.3, 0.4) is 0 Å². The van der Waals surface area contributed by atoms with Crippen molar-refractivity contribution in [2.24, 2.45) is 5.92 Å². The number of nitrogens with zero attached hydrogens (tertiary/aromatic N) is 2. The van der Waals surface area contributed by atoms with E-state index in [1.54, 1.807) is 0 Å². The maximum Gasteiger partial charge on any atom is 0.255 e. The first-order valence-corrected chi connectivity index (χ1v) is 10.6. The molecule has 4 heteroatoms. The molecule has 3 atom stereocenters. The molecule has 2 aromatic rings. The first kappa shape index (κ1) is 17.5. The van der Waals surface area contributed by atoms with E-state index in [9.17, 15) is 4.79 Å². The summed E-state index contributed by atoms with van der Waals surface area (Å²) < 4.78 is 0. The van der Waals surface area contributed by atoms with Crippen molar-refractivity contribution in [3.8, 4) is 0 Å². The van der Waals surface area contributed by atoms with E-state index < -0.39 is 0 Å². The summed E-state index contributed by atoms with van der Waals surface area (Å²) in [7, 11) is 0. The van der Waals surface area contributed by atoms with E-state index in [1.165, 1.54) is 24.0 Å². The predicted molar refractivity (Wildman–Crippen MR) is 111 cm³/mol. The molecule has 1 aromatic carbocycles. The van der Waals surface area contributed by atoms with Crippen LogP contribution in [0.2, 0.25) is 0 Å². The molecule has 3 heterocycles. The molecule has 0 bridgehead atoms. The second kappa shape index (κ2) is 7.42. The number of rotatable bonds is 2. The fourth-order valence-corrected chi connectivity index (χ4v) is 5.13. The van der Waals surface area contributed by atoms with Gasteiger partial charge in [-0.25, -0.2) is 0 Å². The smallest absolute Gasteiger partial charge is 0.255 e. The molecule has 1 N–H and O–H groups in total. The Labute approximate surface area is 166 Å². The summed E-state index contributed by atoms with van der Waals surface area (Å²) in [6.45, 7) is 1.75. The second-order valence-electron chi connectivity index (χ2n) is 8.24. The average Bonchev–Trinajstić information content (AvgIpc) is 3.08. The van der Waals surface area contributed by atoms with Crippen LogP contribution in [0.1, 0.15) is 65.5 Å². The minimum atomic E-state index is 0.177. The van der Waals surface area contributed by atoms with Crippen molar-refractivity contribution >= 4 is 11.6 Å². The Kier molecular flexibility index (Phi) is 4.63. The lowest BCUT2D eigenvalue weighted by Gasteiger charge is -2.38. The molecule has 3 aliphatic rings. The largest absolute Gasteiger partial charge is 0.377 e. The number of carbonyl (C=O) groups excluding carboxylic acids is 1. The molecule has 4 nitrogen and oxygen atoms in total. The standard InChI is InChI=1S/C24H27N3O/c28-24(27-14-3-1-2-4-15-27)21-12-6-11-20-18-9-5-10-19(18)22(26-23(20)21)17-8-7-13-25-16-17/h5-9,11-13,16,18-19,22,26H,1-4,10,14-15H2. The lowest BCUT2D eigenvalue weighted by atomic mass is 9.76. The third kappa shape index (κ3) is 3.01. The Morgan fingerprint density at radius 2 is 1.93 bits per heavy atom. The number of aromatic nitrogens is 1. The Balaban J connectivity index is 1.54. The van der Waals surface area contributed by atoms with Crippen LogP contribution in [0.4, 0.5) is 5.69 Å². The van der Waals surface area contributed by atoms with Crippen molar-refractivity contribution in [2.45, 2.75) is 44.1 Å². The summed E-state index contributed by atoms with van der Waals surface area (Å²) in [5, 5.41) is 3.76. The molecular formula is C24H27N3O. The Morgan fingerprint density at radius 1 is 1.07 bits per heavy atom. The van der Waals surface area contributed by atoms with Gasteiger partial charge >= 0.3 is 0 Å². The number of fused-ring (bicyclic) bond motifs is 3. The zero-order valence-electron chi connectivity index (χ0n) is 16.2. The summed E-state index contributed by atoms with van der Waals surface area (Å²) >= 11 is 0. The molecular weight excluding hydrogens is 346 g/mol. The maximum absolute atomic E-state index is 13.4. The van der Waals surface area contributed by atoms with Crippen molar-refractivity contribution in [2.75, 3.05) is 18.4 Å². The minimum absolute atomic E-state index is 0.177. The highest BCUT2D eigenvalue weighted by atomic mass is 16.2. The molecule has 1 fully saturated rings. The molecule has 1 aromatic heterocycles. The number of para-hydroxylation sites is 1. The van der Waals surface area contributed by atoms with E-state index in [1.807, 2.05) is 24.5 Å². The SMILES string of the molecule is O=C(c1cccc2c1NC(c1cccnc1)C1CC=CC21)N1CCCCCC1. The third-order valence-corrected chi connectivity index (χ3v) is 6.56. The van der Waals surface area contributed by atoms with Crippen molar-refractivity contribution in [3.05, 3.63) is 71.6 Å². The Hall–Kier alpha value is -2.62. The number of carbonyl (C=O) groups is 1. The van der Waals surface area contributed by atoms with Gasteiger partial charge < -0.3 is 10.2 Å². The normalized spacial score (nSPS) is 26.1. The van der Waals surface area contributed by atoms with Crippen LogP contribution in [0.25, 0.3) is 0 Å². The van der Waals surface area contributed by atoms with Crippen molar-refractivity contribution in [1.82, 2.24) is 9.88 Å². The number of likely N-dealkylation sites (tertiary alicyclic amines) is 1. The summed E-state index contributed by atoms with van der Waals surface area (Å²) in [5.74, 6) is 1.01. The van der Waals surface area contributed by atoms with Gasteiger partial charge in [0.1, 0.15) is 0 Å². The number of nitrogens with one attached hydrogen (secondary N) is 1. The summed E-state index contributed by atoms with van der Waals surface area (Å²) in [6.07, 6.45) is 14.1. The summed E-state index contributed by atoms with van der Waals surface area (Å²) in [5.41, 5.74) is 4.31. The van der Waals surface area contributed by atoms with Gasteiger partial charge in [-0.2, -0.15) is 0 Å². The maximum atomic E-state index is 13.4. The number of allylic oxidation sites excluding steroid dienone is 2. The molecule has 1 aliphatic carbocycles. The third-order valence-electron chi connectivity index (χ3n) is 6.56. The summed E-state index contributed by atoms with van der Waals surface area (Å²) in [4.78, 5) is 19.8. The Bertz CT molecular complexity index is 884. The van der Waals surface area contributed by atoms with E-state index in [4.69, 9.17) is 0 Å². The lowest BCUT2D eigenvalue weighted by molar-refractivity contribution is 0.0762. The number of amides is 1. The molecule has 5 rings (SSSR count). The molecule has 3 unspecified atom stereocenters. The molecule has 1 saturated heterocycles. The number of anilines is 1. The van der Waals surface area contributed by atoms with Crippen molar-refractivity contribution in [3.63, 3.8) is 0 Å². The Morgan fingerprint density at radius 3 is 2.71 bits per heavy atom.